The standard InChI is InChI=1S/C14H27NO2/c1-4-5-9-13(14(16)17-3)15-10-12-8-6-7-11(12)2/h11-13,15H,4-10H2,1-3H3. The van der Waals surface area contributed by atoms with Crippen LogP contribution >= 0.6 is 0 Å². The van der Waals surface area contributed by atoms with Gasteiger partial charge in [0.2, 0.25) is 0 Å². The maximum Gasteiger partial charge on any atom is 0.322 e. The molecule has 0 aromatic heterocycles. The normalized spacial score (nSPS) is 25.8. The molecule has 1 aliphatic carbocycles. The van der Waals surface area contributed by atoms with Crippen molar-refractivity contribution in [2.24, 2.45) is 11.8 Å². The number of nitrogens with one attached hydrogen (secondary N) is 1. The Bertz CT molecular complexity index is 230. The fourth-order valence-electron chi connectivity index (χ4n) is 2.67. The highest BCUT2D eigenvalue weighted by atomic mass is 16.5. The van der Waals surface area contributed by atoms with E-state index in [1.807, 2.05) is 0 Å². The summed E-state index contributed by atoms with van der Waals surface area (Å²) in [6.07, 6.45) is 7.07. The fraction of sp³-hybridized carbons (Fsp3) is 0.929. The Hall–Kier alpha value is -0.570. The second-order valence-corrected chi connectivity index (χ2v) is 5.29. The summed E-state index contributed by atoms with van der Waals surface area (Å²) in [4.78, 5) is 11.6. The molecule has 0 bridgehead atoms. The summed E-state index contributed by atoms with van der Waals surface area (Å²) < 4.78 is 4.85. The minimum Gasteiger partial charge on any atom is -0.468 e. The molecule has 3 nitrogen and oxygen atoms in total. The lowest BCUT2D eigenvalue weighted by molar-refractivity contribution is -0.143. The van der Waals surface area contributed by atoms with Crippen molar-refractivity contribution in [1.82, 2.24) is 5.32 Å². The monoisotopic (exact) mass is 241 g/mol. The van der Waals surface area contributed by atoms with Crippen LogP contribution in [0.4, 0.5) is 0 Å². The van der Waals surface area contributed by atoms with E-state index in [9.17, 15) is 4.79 Å². The van der Waals surface area contributed by atoms with E-state index < -0.39 is 0 Å². The van der Waals surface area contributed by atoms with Crippen LogP contribution < -0.4 is 5.32 Å². The number of ether oxygens (including phenoxy) is 1. The number of carbonyl (C=O) groups is 1. The van der Waals surface area contributed by atoms with Crippen molar-refractivity contribution in [3.63, 3.8) is 0 Å². The van der Waals surface area contributed by atoms with Crippen LogP contribution in [0, 0.1) is 11.8 Å². The SMILES string of the molecule is CCCCC(NCC1CCCC1C)C(=O)OC. The number of hydrogen-bond donors (Lipinski definition) is 1. The maximum atomic E-state index is 11.6. The summed E-state index contributed by atoms with van der Waals surface area (Å²) >= 11 is 0. The first-order chi connectivity index (χ1) is 8.19. The van der Waals surface area contributed by atoms with Gasteiger partial charge < -0.3 is 10.1 Å². The highest BCUT2D eigenvalue weighted by Crippen LogP contribution is 2.30. The van der Waals surface area contributed by atoms with Crippen LogP contribution in [0.3, 0.4) is 0 Å². The molecule has 0 aliphatic heterocycles. The van der Waals surface area contributed by atoms with E-state index in [2.05, 4.69) is 19.2 Å². The third-order valence-electron chi connectivity index (χ3n) is 4.00. The van der Waals surface area contributed by atoms with Gasteiger partial charge in [-0.2, -0.15) is 0 Å². The zero-order valence-electron chi connectivity index (χ0n) is 11.5. The summed E-state index contributed by atoms with van der Waals surface area (Å²) in [5.41, 5.74) is 0. The minimum absolute atomic E-state index is 0.104. The van der Waals surface area contributed by atoms with Gasteiger partial charge in [-0.15, -0.1) is 0 Å². The van der Waals surface area contributed by atoms with Crippen LogP contribution in [0.25, 0.3) is 0 Å². The van der Waals surface area contributed by atoms with Crippen LogP contribution in [-0.4, -0.2) is 25.7 Å². The molecule has 0 heterocycles. The Balaban J connectivity index is 2.34. The zero-order chi connectivity index (χ0) is 12.7. The van der Waals surface area contributed by atoms with Gasteiger partial charge >= 0.3 is 5.97 Å². The van der Waals surface area contributed by atoms with E-state index >= 15 is 0 Å². The Morgan fingerprint density at radius 2 is 2.24 bits per heavy atom. The van der Waals surface area contributed by atoms with E-state index in [1.54, 1.807) is 0 Å². The molecule has 3 unspecified atom stereocenters. The number of methoxy groups -OCH3 is 1. The molecule has 100 valence electrons. The molecule has 0 spiro atoms. The summed E-state index contributed by atoms with van der Waals surface area (Å²) in [6, 6.07) is -0.104. The van der Waals surface area contributed by atoms with Gasteiger partial charge in [0.05, 0.1) is 7.11 Å². The molecular formula is C14H27NO2. The second kappa shape index (κ2) is 7.70. The van der Waals surface area contributed by atoms with Gasteiger partial charge in [-0.05, 0) is 31.2 Å². The molecular weight excluding hydrogens is 214 g/mol. The van der Waals surface area contributed by atoms with Crippen LogP contribution in [0.1, 0.15) is 52.4 Å². The van der Waals surface area contributed by atoms with E-state index in [4.69, 9.17) is 4.74 Å². The molecule has 1 aliphatic rings. The molecule has 1 saturated carbocycles. The molecule has 0 saturated heterocycles. The number of hydrogen-bond acceptors (Lipinski definition) is 3. The maximum absolute atomic E-state index is 11.6. The quantitative estimate of drug-likeness (QED) is 0.697. The summed E-state index contributed by atoms with van der Waals surface area (Å²) in [7, 11) is 1.47. The molecule has 3 atom stereocenters. The van der Waals surface area contributed by atoms with Crippen molar-refractivity contribution >= 4 is 5.97 Å². The number of carbonyl (C=O) groups excluding carboxylic acids is 1. The summed E-state index contributed by atoms with van der Waals surface area (Å²) in [5.74, 6) is 1.43. The van der Waals surface area contributed by atoms with Gasteiger partial charge in [-0.1, -0.05) is 39.5 Å². The molecule has 1 N–H and O–H groups in total. The summed E-state index contributed by atoms with van der Waals surface area (Å²) in [6.45, 7) is 5.43. The van der Waals surface area contributed by atoms with Crippen LogP contribution in [0.5, 0.6) is 0 Å². The highest BCUT2D eigenvalue weighted by Gasteiger charge is 2.25. The van der Waals surface area contributed by atoms with Crippen LogP contribution in [0.2, 0.25) is 0 Å². The third-order valence-corrected chi connectivity index (χ3v) is 4.00. The molecule has 0 amide bonds. The van der Waals surface area contributed by atoms with E-state index in [-0.39, 0.29) is 12.0 Å². The second-order valence-electron chi connectivity index (χ2n) is 5.29. The van der Waals surface area contributed by atoms with Gasteiger partial charge in [-0.25, -0.2) is 0 Å². The average Bonchev–Trinajstić information content (AvgIpc) is 2.74. The molecule has 1 fully saturated rings. The average molecular weight is 241 g/mol. The summed E-state index contributed by atoms with van der Waals surface area (Å²) in [5, 5.41) is 3.40. The third kappa shape index (κ3) is 4.66. The van der Waals surface area contributed by atoms with Crippen LogP contribution in [-0.2, 0) is 9.53 Å². The molecule has 0 aromatic carbocycles. The van der Waals surface area contributed by atoms with Crippen molar-refractivity contribution in [3.05, 3.63) is 0 Å². The number of rotatable bonds is 7. The van der Waals surface area contributed by atoms with Gasteiger partial charge in [0.15, 0.2) is 0 Å². The lowest BCUT2D eigenvalue weighted by Gasteiger charge is -2.21. The number of unbranched alkanes of at least 4 members (excludes halogenated alkanes) is 1. The molecule has 17 heavy (non-hydrogen) atoms. The largest absolute Gasteiger partial charge is 0.468 e. The van der Waals surface area contributed by atoms with Gasteiger partial charge in [-0.3, -0.25) is 4.79 Å². The Morgan fingerprint density at radius 3 is 2.76 bits per heavy atom. The van der Waals surface area contributed by atoms with Crippen molar-refractivity contribution in [2.45, 2.75) is 58.4 Å². The number of esters is 1. The lowest BCUT2D eigenvalue weighted by atomic mass is 9.97. The van der Waals surface area contributed by atoms with Gasteiger partial charge in [0, 0.05) is 0 Å². The molecule has 0 aromatic rings. The van der Waals surface area contributed by atoms with E-state index in [0.717, 1.165) is 37.6 Å². The van der Waals surface area contributed by atoms with Crippen molar-refractivity contribution in [3.8, 4) is 0 Å². The van der Waals surface area contributed by atoms with Gasteiger partial charge in [0.1, 0.15) is 6.04 Å². The highest BCUT2D eigenvalue weighted by molar-refractivity contribution is 5.75. The Labute approximate surface area is 105 Å². The first-order valence-corrected chi connectivity index (χ1v) is 7.00. The lowest BCUT2D eigenvalue weighted by Crippen LogP contribution is -2.40. The smallest absolute Gasteiger partial charge is 0.322 e. The minimum atomic E-state index is -0.107. The molecule has 0 radical (unpaired) electrons. The topological polar surface area (TPSA) is 38.3 Å². The Morgan fingerprint density at radius 1 is 1.47 bits per heavy atom. The first kappa shape index (κ1) is 14.5. The Kier molecular flexibility index (Phi) is 6.56. The van der Waals surface area contributed by atoms with Crippen molar-refractivity contribution < 1.29 is 9.53 Å². The van der Waals surface area contributed by atoms with E-state index in [1.165, 1.54) is 26.4 Å². The van der Waals surface area contributed by atoms with E-state index in [0.29, 0.717) is 0 Å². The first-order valence-electron chi connectivity index (χ1n) is 7.00. The predicted molar refractivity (Wildman–Crippen MR) is 69.8 cm³/mol. The predicted octanol–water partition coefficient (Wildman–Crippen LogP) is 2.74. The molecule has 3 heteroatoms. The van der Waals surface area contributed by atoms with Crippen LogP contribution in [0.15, 0.2) is 0 Å². The van der Waals surface area contributed by atoms with Crippen molar-refractivity contribution in [1.29, 1.82) is 0 Å². The molecule has 1 rings (SSSR count). The fourth-order valence-corrected chi connectivity index (χ4v) is 2.67. The van der Waals surface area contributed by atoms with Gasteiger partial charge in [0.25, 0.3) is 0 Å². The zero-order valence-corrected chi connectivity index (χ0v) is 11.5. The van der Waals surface area contributed by atoms with Crippen molar-refractivity contribution in [2.75, 3.05) is 13.7 Å².